The summed E-state index contributed by atoms with van der Waals surface area (Å²) in [5, 5.41) is 2.13. The third kappa shape index (κ3) is 2.05. The lowest BCUT2D eigenvalue weighted by molar-refractivity contribution is -0.201. The number of carbonyl (C=O) groups excluding carboxylic acids is 1. The summed E-state index contributed by atoms with van der Waals surface area (Å²) >= 11 is 0. The fourth-order valence-corrected chi connectivity index (χ4v) is 1.22. The average Bonchev–Trinajstić information content (AvgIpc) is 2.29. The molecule has 0 bridgehead atoms. The predicted octanol–water partition coefficient (Wildman–Crippen LogP) is 1.68. The van der Waals surface area contributed by atoms with Crippen molar-refractivity contribution in [1.29, 1.82) is 0 Å². The van der Waals surface area contributed by atoms with E-state index in [2.05, 4.69) is 10.1 Å². The monoisotopic (exact) mass is 197 g/mol. The van der Waals surface area contributed by atoms with Crippen LogP contribution >= 0.6 is 0 Å². The van der Waals surface area contributed by atoms with E-state index < -0.39 is 24.4 Å². The van der Waals surface area contributed by atoms with Crippen molar-refractivity contribution < 1.29 is 22.7 Å². The Kier molecular flexibility index (Phi) is 2.40. The van der Waals surface area contributed by atoms with Gasteiger partial charge in [0.05, 0.1) is 6.04 Å². The maximum atomic E-state index is 12.2. The van der Waals surface area contributed by atoms with Crippen LogP contribution in [0.2, 0.25) is 0 Å². The standard InChI is InChI=1S/C7H10F3NO2/c1-3(2)4-5(7(8,9)10)13-6(12)11-4/h3-5H,1-2H3,(H,11,12). The van der Waals surface area contributed by atoms with Crippen LogP contribution in [0.1, 0.15) is 13.8 Å². The van der Waals surface area contributed by atoms with E-state index in [9.17, 15) is 18.0 Å². The van der Waals surface area contributed by atoms with Gasteiger partial charge in [-0.2, -0.15) is 13.2 Å². The number of ether oxygens (including phenoxy) is 1. The highest BCUT2D eigenvalue weighted by Gasteiger charge is 2.53. The minimum Gasteiger partial charge on any atom is -0.434 e. The number of hydrogen-bond acceptors (Lipinski definition) is 2. The van der Waals surface area contributed by atoms with E-state index in [0.29, 0.717) is 0 Å². The fraction of sp³-hybridized carbons (Fsp3) is 0.857. The number of hydrogen-bond donors (Lipinski definition) is 1. The van der Waals surface area contributed by atoms with Crippen LogP contribution in [0.4, 0.5) is 18.0 Å². The molecule has 0 spiro atoms. The zero-order valence-electron chi connectivity index (χ0n) is 7.18. The average molecular weight is 197 g/mol. The van der Waals surface area contributed by atoms with Gasteiger partial charge in [0, 0.05) is 0 Å². The topological polar surface area (TPSA) is 38.3 Å². The molecule has 0 aromatic heterocycles. The van der Waals surface area contributed by atoms with Gasteiger partial charge in [0.2, 0.25) is 6.10 Å². The van der Waals surface area contributed by atoms with Crippen molar-refractivity contribution in [3.63, 3.8) is 0 Å². The van der Waals surface area contributed by atoms with Crippen LogP contribution in [-0.4, -0.2) is 24.4 Å². The maximum absolute atomic E-state index is 12.2. The molecule has 1 rings (SSSR count). The minimum absolute atomic E-state index is 0.307. The largest absolute Gasteiger partial charge is 0.434 e. The third-order valence-corrected chi connectivity index (χ3v) is 1.89. The van der Waals surface area contributed by atoms with Crippen molar-refractivity contribution in [1.82, 2.24) is 5.32 Å². The molecule has 1 fully saturated rings. The number of rotatable bonds is 1. The lowest BCUT2D eigenvalue weighted by Gasteiger charge is -2.21. The molecule has 0 saturated carbocycles. The van der Waals surface area contributed by atoms with Crippen LogP contribution in [0.3, 0.4) is 0 Å². The van der Waals surface area contributed by atoms with Crippen molar-refractivity contribution in [2.75, 3.05) is 0 Å². The van der Waals surface area contributed by atoms with E-state index in [1.807, 2.05) is 0 Å². The molecule has 2 unspecified atom stereocenters. The zero-order valence-corrected chi connectivity index (χ0v) is 7.18. The molecule has 1 aliphatic heterocycles. The molecule has 6 heteroatoms. The Hall–Kier alpha value is -0.940. The molecule has 1 aliphatic rings. The second kappa shape index (κ2) is 3.08. The molecule has 1 saturated heterocycles. The highest BCUT2D eigenvalue weighted by atomic mass is 19.4. The van der Waals surface area contributed by atoms with Crippen molar-refractivity contribution >= 4 is 6.09 Å². The van der Waals surface area contributed by atoms with Crippen LogP contribution in [0.25, 0.3) is 0 Å². The van der Waals surface area contributed by atoms with E-state index >= 15 is 0 Å². The number of nitrogens with one attached hydrogen (secondary N) is 1. The molecular formula is C7H10F3NO2. The molecule has 1 amide bonds. The summed E-state index contributed by atoms with van der Waals surface area (Å²) in [6.45, 7) is 3.19. The first-order valence-corrected chi connectivity index (χ1v) is 3.86. The quantitative estimate of drug-likeness (QED) is 0.694. The highest BCUT2D eigenvalue weighted by Crippen LogP contribution is 2.31. The molecule has 0 aliphatic carbocycles. The van der Waals surface area contributed by atoms with Gasteiger partial charge in [-0.15, -0.1) is 0 Å². The van der Waals surface area contributed by atoms with Gasteiger partial charge in [-0.3, -0.25) is 0 Å². The molecule has 13 heavy (non-hydrogen) atoms. The van der Waals surface area contributed by atoms with Crippen LogP contribution < -0.4 is 5.32 Å². The smallest absolute Gasteiger partial charge is 0.427 e. The van der Waals surface area contributed by atoms with E-state index in [1.165, 1.54) is 0 Å². The Bertz CT molecular complexity index is 214. The van der Waals surface area contributed by atoms with Gasteiger partial charge >= 0.3 is 12.3 Å². The summed E-state index contributed by atoms with van der Waals surface area (Å²) in [6, 6.07) is -0.979. The van der Waals surface area contributed by atoms with Crippen molar-refractivity contribution in [2.45, 2.75) is 32.2 Å². The number of halogens is 3. The molecule has 1 N–H and O–H groups in total. The first-order chi connectivity index (χ1) is 5.82. The third-order valence-electron chi connectivity index (χ3n) is 1.89. The summed E-state index contributed by atoms with van der Waals surface area (Å²) in [7, 11) is 0. The van der Waals surface area contributed by atoms with Gasteiger partial charge in [-0.25, -0.2) is 4.79 Å². The second-order valence-electron chi connectivity index (χ2n) is 3.28. The Morgan fingerprint density at radius 1 is 1.46 bits per heavy atom. The molecule has 3 nitrogen and oxygen atoms in total. The van der Waals surface area contributed by atoms with E-state index in [1.54, 1.807) is 13.8 Å². The normalized spacial score (nSPS) is 28.9. The Morgan fingerprint density at radius 2 is 2.00 bits per heavy atom. The van der Waals surface area contributed by atoms with E-state index in [0.717, 1.165) is 0 Å². The van der Waals surface area contributed by atoms with Crippen LogP contribution in [0, 0.1) is 5.92 Å². The van der Waals surface area contributed by atoms with Gasteiger partial charge < -0.3 is 10.1 Å². The fourth-order valence-electron chi connectivity index (χ4n) is 1.22. The Morgan fingerprint density at radius 3 is 2.31 bits per heavy atom. The zero-order chi connectivity index (χ0) is 10.2. The van der Waals surface area contributed by atoms with Crippen LogP contribution in [0.15, 0.2) is 0 Å². The molecule has 76 valence electrons. The lowest BCUT2D eigenvalue weighted by atomic mass is 9.99. The first-order valence-electron chi connectivity index (χ1n) is 3.86. The second-order valence-corrected chi connectivity index (χ2v) is 3.28. The van der Waals surface area contributed by atoms with E-state index in [-0.39, 0.29) is 5.92 Å². The number of cyclic esters (lactones) is 1. The van der Waals surface area contributed by atoms with Crippen LogP contribution in [-0.2, 0) is 4.74 Å². The number of carbonyl (C=O) groups is 1. The van der Waals surface area contributed by atoms with Gasteiger partial charge in [-0.1, -0.05) is 13.8 Å². The summed E-state index contributed by atoms with van der Waals surface area (Å²) in [5.74, 6) is -0.307. The molecule has 0 aromatic rings. The SMILES string of the molecule is CC(C)C1NC(=O)OC1C(F)(F)F. The van der Waals surface area contributed by atoms with Gasteiger partial charge in [0.25, 0.3) is 0 Å². The van der Waals surface area contributed by atoms with Crippen LogP contribution in [0.5, 0.6) is 0 Å². The summed E-state index contributed by atoms with van der Waals surface area (Å²) in [6.07, 6.45) is -7.50. The van der Waals surface area contributed by atoms with Crippen molar-refractivity contribution in [3.8, 4) is 0 Å². The lowest BCUT2D eigenvalue weighted by Crippen LogP contribution is -2.44. The van der Waals surface area contributed by atoms with Gasteiger partial charge in [-0.05, 0) is 5.92 Å². The number of amides is 1. The Balaban J connectivity index is 2.78. The molecule has 2 atom stereocenters. The molecular weight excluding hydrogens is 187 g/mol. The number of alkyl carbamates (subject to hydrolysis) is 1. The summed E-state index contributed by atoms with van der Waals surface area (Å²) < 4.78 is 40.8. The number of alkyl halides is 3. The summed E-state index contributed by atoms with van der Waals surface area (Å²) in [4.78, 5) is 10.6. The predicted molar refractivity (Wildman–Crippen MR) is 38.1 cm³/mol. The molecule has 1 heterocycles. The molecule has 0 aromatic carbocycles. The minimum atomic E-state index is -4.49. The first kappa shape index (κ1) is 10.1. The summed E-state index contributed by atoms with van der Waals surface area (Å²) in [5.41, 5.74) is 0. The Labute approximate surface area is 73.2 Å². The van der Waals surface area contributed by atoms with Gasteiger partial charge in [0.1, 0.15) is 0 Å². The molecule has 0 radical (unpaired) electrons. The maximum Gasteiger partial charge on any atom is 0.427 e. The van der Waals surface area contributed by atoms with Gasteiger partial charge in [0.15, 0.2) is 0 Å². The van der Waals surface area contributed by atoms with E-state index in [4.69, 9.17) is 0 Å². The van der Waals surface area contributed by atoms with Crippen molar-refractivity contribution in [2.24, 2.45) is 5.92 Å². The van der Waals surface area contributed by atoms with Crippen molar-refractivity contribution in [3.05, 3.63) is 0 Å². The highest BCUT2D eigenvalue weighted by molar-refractivity contribution is 5.70.